The first kappa shape index (κ1) is 9.33. The molecule has 0 spiro atoms. The molecule has 1 rings (SSSR count). The van der Waals surface area contributed by atoms with Crippen molar-refractivity contribution in [1.82, 2.24) is 9.78 Å². The summed E-state index contributed by atoms with van der Waals surface area (Å²) in [7, 11) is 0. The third-order valence-electron chi connectivity index (χ3n) is 1.43. The summed E-state index contributed by atoms with van der Waals surface area (Å²) in [5.74, 6) is 3.30. The Morgan fingerprint density at radius 3 is 2.85 bits per heavy atom. The molecule has 1 aromatic rings. The van der Waals surface area contributed by atoms with Gasteiger partial charge >= 0.3 is 5.97 Å². The molecule has 0 fully saturated rings. The largest absolute Gasteiger partial charge is 0.472 e. The normalized spacial score (nSPS) is 9.46. The lowest BCUT2D eigenvalue weighted by Crippen LogP contribution is -2.00. The Balaban J connectivity index is 2.82. The lowest BCUT2D eigenvalue weighted by molar-refractivity contribution is -0.130. The predicted molar refractivity (Wildman–Crippen MR) is 47.1 cm³/mol. The van der Waals surface area contributed by atoms with Crippen molar-refractivity contribution in [2.75, 3.05) is 0 Å². The maximum atomic E-state index is 10.1. The summed E-state index contributed by atoms with van der Waals surface area (Å²) in [4.78, 5) is 10.1. The van der Waals surface area contributed by atoms with Gasteiger partial charge in [0.05, 0.1) is 0 Å². The van der Waals surface area contributed by atoms with Crippen molar-refractivity contribution in [3.63, 3.8) is 0 Å². The summed E-state index contributed by atoms with van der Waals surface area (Å²) in [5, 5.41) is 12.3. The molecule has 1 N–H and O–H groups in total. The quantitative estimate of drug-likeness (QED) is 0.650. The fraction of sp³-hybridized carbons (Fsp3) is 0.333. The maximum absolute atomic E-state index is 10.1. The summed E-state index contributed by atoms with van der Waals surface area (Å²) in [6.07, 6.45) is 1.77. The van der Waals surface area contributed by atoms with Gasteiger partial charge in [-0.05, 0) is 25.8 Å². The van der Waals surface area contributed by atoms with Crippen LogP contribution in [0, 0.1) is 11.8 Å². The maximum Gasteiger partial charge on any atom is 0.382 e. The van der Waals surface area contributed by atoms with Gasteiger partial charge in [-0.3, -0.25) is 4.68 Å². The van der Waals surface area contributed by atoms with Gasteiger partial charge < -0.3 is 5.11 Å². The van der Waals surface area contributed by atoms with E-state index in [1.54, 1.807) is 16.9 Å². The smallest absolute Gasteiger partial charge is 0.382 e. The van der Waals surface area contributed by atoms with Crippen molar-refractivity contribution in [2.24, 2.45) is 0 Å². The Morgan fingerprint density at radius 2 is 2.38 bits per heavy atom. The SMILES string of the molecule is CC(C)n1ccc(C#CC(=O)O)n1. The summed E-state index contributed by atoms with van der Waals surface area (Å²) in [6.45, 7) is 3.98. The molecule has 0 amide bonds. The van der Waals surface area contributed by atoms with E-state index in [2.05, 4.69) is 11.0 Å². The Bertz CT molecular complexity index is 368. The highest BCUT2D eigenvalue weighted by Gasteiger charge is 1.98. The molecule has 0 saturated carbocycles. The summed E-state index contributed by atoms with van der Waals surface area (Å²) in [6, 6.07) is 1.95. The van der Waals surface area contributed by atoms with Gasteiger partial charge in [0.1, 0.15) is 5.69 Å². The first-order valence-corrected chi connectivity index (χ1v) is 3.89. The third kappa shape index (κ3) is 2.64. The number of nitrogens with zero attached hydrogens (tertiary/aromatic N) is 2. The van der Waals surface area contributed by atoms with Gasteiger partial charge in [0.15, 0.2) is 0 Å². The monoisotopic (exact) mass is 178 g/mol. The number of carboxylic acid groups (broad SMARTS) is 1. The van der Waals surface area contributed by atoms with Crippen LogP contribution in [-0.2, 0) is 4.79 Å². The highest BCUT2D eigenvalue weighted by Crippen LogP contribution is 2.02. The van der Waals surface area contributed by atoms with Crippen LogP contribution in [0.1, 0.15) is 25.6 Å². The van der Waals surface area contributed by atoms with Crippen LogP contribution < -0.4 is 0 Å². The fourth-order valence-electron chi connectivity index (χ4n) is 0.810. The van der Waals surface area contributed by atoms with E-state index in [4.69, 9.17) is 5.11 Å². The Hall–Kier alpha value is -1.76. The van der Waals surface area contributed by atoms with E-state index in [9.17, 15) is 4.79 Å². The van der Waals surface area contributed by atoms with E-state index in [1.165, 1.54) is 0 Å². The van der Waals surface area contributed by atoms with Crippen LogP contribution in [0.3, 0.4) is 0 Å². The molecule has 4 nitrogen and oxygen atoms in total. The number of carbonyl (C=O) groups is 1. The molecule has 0 aliphatic carbocycles. The zero-order chi connectivity index (χ0) is 9.84. The number of carboxylic acids is 1. The predicted octanol–water partition coefficient (Wildman–Crippen LogP) is 0.900. The number of hydrogen-bond acceptors (Lipinski definition) is 2. The lowest BCUT2D eigenvalue weighted by atomic mass is 10.4. The fourth-order valence-corrected chi connectivity index (χ4v) is 0.810. The molecule has 0 aliphatic heterocycles. The van der Waals surface area contributed by atoms with E-state index in [0.717, 1.165) is 0 Å². The van der Waals surface area contributed by atoms with Crippen LogP contribution in [0.15, 0.2) is 12.3 Å². The Labute approximate surface area is 76.2 Å². The molecule has 13 heavy (non-hydrogen) atoms. The molecule has 4 heteroatoms. The summed E-state index contributed by atoms with van der Waals surface area (Å²) in [5.41, 5.74) is 0.483. The highest BCUT2D eigenvalue weighted by atomic mass is 16.4. The van der Waals surface area contributed by atoms with Crippen LogP contribution in [-0.4, -0.2) is 20.9 Å². The first-order valence-electron chi connectivity index (χ1n) is 3.89. The minimum Gasteiger partial charge on any atom is -0.472 e. The molecule has 0 aromatic carbocycles. The number of hydrogen-bond donors (Lipinski definition) is 1. The van der Waals surface area contributed by atoms with Crippen LogP contribution in [0.2, 0.25) is 0 Å². The van der Waals surface area contributed by atoms with Crippen molar-refractivity contribution >= 4 is 5.97 Å². The van der Waals surface area contributed by atoms with Gasteiger partial charge in [0.2, 0.25) is 0 Å². The van der Waals surface area contributed by atoms with E-state index in [-0.39, 0.29) is 6.04 Å². The Morgan fingerprint density at radius 1 is 1.69 bits per heavy atom. The molecule has 0 radical (unpaired) electrons. The molecule has 1 aromatic heterocycles. The topological polar surface area (TPSA) is 55.1 Å². The van der Waals surface area contributed by atoms with Crippen LogP contribution in [0.25, 0.3) is 0 Å². The molecule has 1 heterocycles. The van der Waals surface area contributed by atoms with Crippen LogP contribution >= 0.6 is 0 Å². The second-order valence-electron chi connectivity index (χ2n) is 2.83. The minimum absolute atomic E-state index is 0.264. The standard InChI is InChI=1S/C9H10N2O2/c1-7(2)11-6-5-8(10-11)3-4-9(12)13/h5-7H,1-2H3,(H,12,13). The molecule has 0 aliphatic rings. The van der Waals surface area contributed by atoms with Crippen molar-refractivity contribution in [3.8, 4) is 11.8 Å². The molecule has 0 atom stereocenters. The van der Waals surface area contributed by atoms with Crippen molar-refractivity contribution in [1.29, 1.82) is 0 Å². The second kappa shape index (κ2) is 3.76. The Kier molecular flexibility index (Phi) is 2.70. The van der Waals surface area contributed by atoms with Gasteiger partial charge in [-0.2, -0.15) is 5.10 Å². The summed E-state index contributed by atoms with van der Waals surface area (Å²) < 4.78 is 1.73. The average molecular weight is 178 g/mol. The number of aromatic nitrogens is 2. The van der Waals surface area contributed by atoms with Crippen LogP contribution in [0.4, 0.5) is 0 Å². The zero-order valence-corrected chi connectivity index (χ0v) is 7.48. The van der Waals surface area contributed by atoms with Crippen molar-refractivity contribution in [3.05, 3.63) is 18.0 Å². The minimum atomic E-state index is -1.14. The molecule has 0 saturated heterocycles. The number of rotatable bonds is 1. The molecule has 0 unspecified atom stereocenters. The van der Waals surface area contributed by atoms with E-state index in [1.807, 2.05) is 19.8 Å². The first-order chi connectivity index (χ1) is 6.09. The third-order valence-corrected chi connectivity index (χ3v) is 1.43. The van der Waals surface area contributed by atoms with E-state index in [0.29, 0.717) is 5.69 Å². The molecule has 0 bridgehead atoms. The van der Waals surface area contributed by atoms with Crippen LogP contribution in [0.5, 0.6) is 0 Å². The number of aliphatic carboxylic acids is 1. The average Bonchev–Trinajstić information content (AvgIpc) is 2.48. The van der Waals surface area contributed by atoms with Gasteiger partial charge in [0, 0.05) is 18.2 Å². The van der Waals surface area contributed by atoms with Crippen molar-refractivity contribution < 1.29 is 9.90 Å². The van der Waals surface area contributed by atoms with Gasteiger partial charge in [-0.25, -0.2) is 4.79 Å². The highest BCUT2D eigenvalue weighted by molar-refractivity contribution is 5.87. The zero-order valence-electron chi connectivity index (χ0n) is 7.48. The van der Waals surface area contributed by atoms with Gasteiger partial charge in [-0.15, -0.1) is 0 Å². The second-order valence-corrected chi connectivity index (χ2v) is 2.83. The summed E-state index contributed by atoms with van der Waals surface area (Å²) >= 11 is 0. The lowest BCUT2D eigenvalue weighted by Gasteiger charge is -2.02. The molecular weight excluding hydrogens is 168 g/mol. The van der Waals surface area contributed by atoms with E-state index < -0.39 is 5.97 Å². The van der Waals surface area contributed by atoms with Gasteiger partial charge in [0.25, 0.3) is 0 Å². The van der Waals surface area contributed by atoms with Gasteiger partial charge in [-0.1, -0.05) is 0 Å². The molecule has 68 valence electrons. The molecular formula is C9H10N2O2. The van der Waals surface area contributed by atoms with Crippen molar-refractivity contribution in [2.45, 2.75) is 19.9 Å². The van der Waals surface area contributed by atoms with E-state index >= 15 is 0 Å².